The summed E-state index contributed by atoms with van der Waals surface area (Å²) in [5.41, 5.74) is 1.91. The molecule has 1 saturated carbocycles. The van der Waals surface area contributed by atoms with Crippen LogP contribution in [0.25, 0.3) is 0 Å². The number of nitrogens with one attached hydrogen (secondary N) is 3. The number of unbranched alkanes of at least 4 members (excludes halogenated alkanes) is 2. The molecule has 2 aliphatic heterocycles. The molecule has 11 heteroatoms. The van der Waals surface area contributed by atoms with Crippen LogP contribution in [-0.4, -0.2) is 80.4 Å². The molecule has 0 radical (unpaired) electrons. The summed E-state index contributed by atoms with van der Waals surface area (Å²) in [4.78, 5) is 39.3. The molecule has 3 N–H and O–H groups in total. The number of amides is 2. The number of hydrogen-bond donors (Lipinski definition) is 3. The summed E-state index contributed by atoms with van der Waals surface area (Å²) in [7, 11) is 3.37. The van der Waals surface area contributed by atoms with Gasteiger partial charge < -0.3 is 35.2 Å². The summed E-state index contributed by atoms with van der Waals surface area (Å²) in [6.07, 6.45) is 12.4. The number of aromatic nitrogens is 2. The number of benzene rings is 1. The van der Waals surface area contributed by atoms with E-state index in [9.17, 15) is 9.59 Å². The molecule has 1 aliphatic carbocycles. The summed E-state index contributed by atoms with van der Waals surface area (Å²) >= 11 is 0. The number of nitrogens with zero attached hydrogens (tertiary/aromatic N) is 4. The molecule has 3 aliphatic rings. The Labute approximate surface area is 255 Å². The Bertz CT molecular complexity index is 1250. The van der Waals surface area contributed by atoms with Gasteiger partial charge in [0, 0.05) is 31.8 Å². The number of methoxy groups -OCH3 is 1. The van der Waals surface area contributed by atoms with Gasteiger partial charge in [0.2, 0.25) is 11.9 Å². The van der Waals surface area contributed by atoms with Crippen molar-refractivity contribution in [2.75, 3.05) is 55.5 Å². The van der Waals surface area contributed by atoms with Crippen molar-refractivity contribution in [3.63, 3.8) is 0 Å². The predicted octanol–water partition coefficient (Wildman–Crippen LogP) is 4.40. The molecule has 3 heterocycles. The minimum absolute atomic E-state index is 0.0865. The monoisotopic (exact) mass is 593 g/mol. The fourth-order valence-electron chi connectivity index (χ4n) is 6.42. The number of hydrogen-bond acceptors (Lipinski definition) is 9. The normalized spacial score (nSPS) is 19.4. The summed E-state index contributed by atoms with van der Waals surface area (Å²) in [5.74, 6) is 1.68. The Hall–Kier alpha value is -3.44. The highest BCUT2D eigenvalue weighted by Crippen LogP contribution is 2.40. The molecule has 1 aromatic heterocycles. The molecular formula is C32H47N7O4. The van der Waals surface area contributed by atoms with E-state index in [0.717, 1.165) is 95.4 Å². The lowest BCUT2D eigenvalue weighted by Gasteiger charge is -2.43. The average molecular weight is 594 g/mol. The fraction of sp³-hybridized carbons (Fsp3) is 0.625. The van der Waals surface area contributed by atoms with Crippen LogP contribution in [0.1, 0.15) is 81.5 Å². The first-order valence-electron chi connectivity index (χ1n) is 16.0. The first kappa shape index (κ1) is 31.0. The third kappa shape index (κ3) is 7.38. The van der Waals surface area contributed by atoms with Crippen LogP contribution < -0.4 is 30.5 Å². The molecule has 5 rings (SSSR count). The molecule has 1 atom stereocenters. The maximum atomic E-state index is 13.2. The highest BCUT2D eigenvalue weighted by Gasteiger charge is 2.41. The van der Waals surface area contributed by atoms with Gasteiger partial charge in [0.15, 0.2) is 5.82 Å². The Morgan fingerprint density at radius 3 is 2.65 bits per heavy atom. The van der Waals surface area contributed by atoms with Crippen LogP contribution in [0.3, 0.4) is 0 Å². The van der Waals surface area contributed by atoms with E-state index < -0.39 is 0 Å². The van der Waals surface area contributed by atoms with Gasteiger partial charge in [-0.05, 0) is 82.7 Å². The SMILES string of the molecule is CC[C@@H]1C(=O)N(C)c2cnc(Nc3ccc(C(=O)NCCCCCOC4CCNCC4)cc3OC)nc2N1C1CCCC1. The molecule has 11 nitrogen and oxygen atoms in total. The lowest BCUT2D eigenvalue weighted by molar-refractivity contribution is -0.120. The zero-order chi connectivity index (χ0) is 30.2. The first-order valence-corrected chi connectivity index (χ1v) is 16.0. The molecule has 1 saturated heterocycles. The maximum absolute atomic E-state index is 13.2. The molecule has 2 amide bonds. The van der Waals surface area contributed by atoms with Crippen LogP contribution in [0.2, 0.25) is 0 Å². The van der Waals surface area contributed by atoms with Gasteiger partial charge >= 0.3 is 0 Å². The van der Waals surface area contributed by atoms with Crippen LogP contribution in [0.5, 0.6) is 5.75 Å². The predicted molar refractivity (Wildman–Crippen MR) is 169 cm³/mol. The fourth-order valence-corrected chi connectivity index (χ4v) is 6.42. The largest absolute Gasteiger partial charge is 0.495 e. The quantitative estimate of drug-likeness (QED) is 0.290. The van der Waals surface area contributed by atoms with E-state index in [0.29, 0.717) is 41.6 Å². The number of anilines is 4. The van der Waals surface area contributed by atoms with Crippen molar-refractivity contribution in [1.82, 2.24) is 20.6 Å². The van der Waals surface area contributed by atoms with Gasteiger partial charge in [0.25, 0.3) is 5.91 Å². The molecular weight excluding hydrogens is 546 g/mol. The summed E-state index contributed by atoms with van der Waals surface area (Å²) in [6, 6.07) is 5.38. The zero-order valence-corrected chi connectivity index (χ0v) is 25.9. The topological polar surface area (TPSA) is 121 Å². The van der Waals surface area contributed by atoms with E-state index in [1.54, 1.807) is 37.4 Å². The maximum Gasteiger partial charge on any atom is 0.251 e. The van der Waals surface area contributed by atoms with Crippen LogP contribution in [0.15, 0.2) is 24.4 Å². The standard InChI is InChI=1S/C32H47N7O4/c1-4-26-31(41)38(2)27-21-35-32(37-29(27)39(26)23-10-6-7-11-23)36-25-13-12-22(20-28(25)42-3)30(40)34-16-8-5-9-19-43-24-14-17-33-18-15-24/h12-13,20-21,23-24,26,33H,4-11,14-19H2,1-3H3,(H,34,40)(H,35,36,37)/t26-/m1/s1. The minimum Gasteiger partial charge on any atom is -0.495 e. The lowest BCUT2D eigenvalue weighted by atomic mass is 10.0. The van der Waals surface area contributed by atoms with E-state index in [1.807, 2.05) is 6.07 Å². The van der Waals surface area contributed by atoms with E-state index in [1.165, 1.54) is 0 Å². The van der Waals surface area contributed by atoms with Gasteiger partial charge in [0.05, 0.1) is 25.1 Å². The van der Waals surface area contributed by atoms with Gasteiger partial charge in [-0.1, -0.05) is 19.8 Å². The van der Waals surface area contributed by atoms with Gasteiger partial charge in [-0.2, -0.15) is 4.98 Å². The van der Waals surface area contributed by atoms with E-state index in [2.05, 4.69) is 32.8 Å². The molecule has 0 unspecified atom stereocenters. The Morgan fingerprint density at radius 2 is 1.91 bits per heavy atom. The molecule has 0 bridgehead atoms. The third-order valence-corrected chi connectivity index (χ3v) is 8.87. The number of carbonyl (C=O) groups is 2. The second-order valence-electron chi connectivity index (χ2n) is 11.7. The number of carbonyl (C=O) groups excluding carboxylic acids is 2. The van der Waals surface area contributed by atoms with E-state index in [4.69, 9.17) is 14.5 Å². The Morgan fingerprint density at radius 1 is 1.12 bits per heavy atom. The number of fused-ring (bicyclic) bond motifs is 1. The van der Waals surface area contributed by atoms with Crippen LogP contribution in [-0.2, 0) is 9.53 Å². The van der Waals surface area contributed by atoms with Crippen molar-refractivity contribution in [3.8, 4) is 5.75 Å². The Balaban J connectivity index is 1.18. The van der Waals surface area contributed by atoms with Crippen molar-refractivity contribution in [1.29, 1.82) is 0 Å². The first-order chi connectivity index (χ1) is 21.0. The number of likely N-dealkylation sites (N-methyl/N-ethyl adjacent to an activating group) is 1. The lowest BCUT2D eigenvalue weighted by Crippen LogP contribution is -2.55. The highest BCUT2D eigenvalue weighted by atomic mass is 16.5. The Kier molecular flexibility index (Phi) is 10.7. The van der Waals surface area contributed by atoms with Gasteiger partial charge in [-0.25, -0.2) is 4.98 Å². The van der Waals surface area contributed by atoms with Crippen molar-refractivity contribution in [3.05, 3.63) is 30.0 Å². The second kappa shape index (κ2) is 14.8. The molecule has 234 valence electrons. The van der Waals surface area contributed by atoms with Crippen molar-refractivity contribution in [2.24, 2.45) is 0 Å². The van der Waals surface area contributed by atoms with Crippen LogP contribution in [0, 0.1) is 0 Å². The number of rotatable bonds is 13. The zero-order valence-electron chi connectivity index (χ0n) is 25.9. The van der Waals surface area contributed by atoms with Gasteiger partial charge in [0.1, 0.15) is 17.5 Å². The number of ether oxygens (including phenoxy) is 2. The highest BCUT2D eigenvalue weighted by molar-refractivity contribution is 6.04. The van der Waals surface area contributed by atoms with Crippen molar-refractivity contribution >= 4 is 35.0 Å². The van der Waals surface area contributed by atoms with Crippen LogP contribution in [0.4, 0.5) is 23.1 Å². The van der Waals surface area contributed by atoms with E-state index >= 15 is 0 Å². The summed E-state index contributed by atoms with van der Waals surface area (Å²) < 4.78 is 11.6. The molecule has 2 aromatic rings. The van der Waals surface area contributed by atoms with E-state index in [-0.39, 0.29) is 17.9 Å². The van der Waals surface area contributed by atoms with Crippen LogP contribution >= 0.6 is 0 Å². The molecule has 43 heavy (non-hydrogen) atoms. The number of piperidine rings is 1. The summed E-state index contributed by atoms with van der Waals surface area (Å²) in [5, 5.41) is 9.65. The van der Waals surface area contributed by atoms with Gasteiger partial charge in [-0.15, -0.1) is 0 Å². The second-order valence-corrected chi connectivity index (χ2v) is 11.7. The average Bonchev–Trinajstić information content (AvgIpc) is 3.57. The van der Waals surface area contributed by atoms with Crippen molar-refractivity contribution < 1.29 is 19.1 Å². The minimum atomic E-state index is -0.233. The van der Waals surface area contributed by atoms with Gasteiger partial charge in [-0.3, -0.25) is 9.59 Å². The van der Waals surface area contributed by atoms with Crippen molar-refractivity contribution in [2.45, 2.75) is 89.3 Å². The molecule has 0 spiro atoms. The summed E-state index contributed by atoms with van der Waals surface area (Å²) in [6.45, 7) is 5.54. The third-order valence-electron chi connectivity index (χ3n) is 8.87. The smallest absolute Gasteiger partial charge is 0.251 e. The molecule has 1 aromatic carbocycles. The molecule has 2 fully saturated rings.